The van der Waals surface area contributed by atoms with Gasteiger partial charge >= 0.3 is 0 Å². The molecule has 0 aromatic heterocycles. The summed E-state index contributed by atoms with van der Waals surface area (Å²) in [6.45, 7) is 16.4. The fourth-order valence-electron chi connectivity index (χ4n) is 7.16. The minimum absolute atomic E-state index is 0.154. The minimum Gasteiger partial charge on any atom is -0.394 e. The van der Waals surface area contributed by atoms with E-state index in [-0.39, 0.29) is 35.7 Å². The molecular formula is C31H42BrN3O5. The monoisotopic (exact) mass is 615 g/mol. The number of anilines is 1. The van der Waals surface area contributed by atoms with Crippen molar-refractivity contribution in [2.24, 2.45) is 11.8 Å². The first-order valence-corrected chi connectivity index (χ1v) is 15.2. The highest BCUT2D eigenvalue weighted by Gasteiger charge is 2.77. The molecule has 3 fully saturated rings. The molecule has 3 unspecified atom stereocenters. The molecule has 2 bridgehead atoms. The highest BCUT2D eigenvalue weighted by atomic mass is 79.9. The number of rotatable bonds is 12. The van der Waals surface area contributed by atoms with Crippen LogP contribution in [0.25, 0.3) is 0 Å². The van der Waals surface area contributed by atoms with Crippen LogP contribution in [0.2, 0.25) is 0 Å². The van der Waals surface area contributed by atoms with Crippen LogP contribution in [-0.2, 0) is 19.1 Å². The Kier molecular flexibility index (Phi) is 9.27. The van der Waals surface area contributed by atoms with Crippen LogP contribution in [0.4, 0.5) is 5.69 Å². The Bertz CT molecular complexity index is 1150. The third kappa shape index (κ3) is 4.73. The zero-order chi connectivity index (χ0) is 29.4. The molecule has 1 spiro atoms. The van der Waals surface area contributed by atoms with Crippen LogP contribution in [0.3, 0.4) is 0 Å². The molecular weight excluding hydrogens is 574 g/mol. The third-order valence-electron chi connectivity index (χ3n) is 8.76. The number of hydrogen-bond acceptors (Lipinski definition) is 5. The lowest BCUT2D eigenvalue weighted by Gasteiger charge is -2.39. The molecule has 1 aromatic carbocycles. The van der Waals surface area contributed by atoms with Crippen molar-refractivity contribution in [2.75, 3.05) is 31.1 Å². The second-order valence-corrected chi connectivity index (χ2v) is 12.4. The molecule has 40 heavy (non-hydrogen) atoms. The SMILES string of the molecule is C=CCN(CCC)C(=O)[C@H]1[C@@H]2OC3(CC2Br)C(C(=O)N(CC=C)c2c(C)cccc2C)N([C@@H](CC)CO)C(=O)[C@H]13. The summed E-state index contributed by atoms with van der Waals surface area (Å²) >= 11 is 3.75. The first-order valence-electron chi connectivity index (χ1n) is 14.3. The Morgan fingerprint density at radius 2 is 1.85 bits per heavy atom. The van der Waals surface area contributed by atoms with Crippen molar-refractivity contribution in [1.29, 1.82) is 0 Å². The number of carbonyl (C=O) groups is 3. The van der Waals surface area contributed by atoms with Gasteiger partial charge in [0.2, 0.25) is 11.8 Å². The Morgan fingerprint density at radius 1 is 1.20 bits per heavy atom. The van der Waals surface area contributed by atoms with Gasteiger partial charge in [0.25, 0.3) is 5.91 Å². The van der Waals surface area contributed by atoms with E-state index in [1.807, 2.05) is 45.9 Å². The second kappa shape index (κ2) is 12.2. The molecule has 218 valence electrons. The van der Waals surface area contributed by atoms with Crippen molar-refractivity contribution in [3.63, 3.8) is 0 Å². The van der Waals surface area contributed by atoms with Gasteiger partial charge in [-0.05, 0) is 44.2 Å². The normalized spacial score (nSPS) is 29.3. The predicted octanol–water partition coefficient (Wildman–Crippen LogP) is 3.77. The molecule has 4 rings (SSSR count). The van der Waals surface area contributed by atoms with Crippen LogP contribution in [0.5, 0.6) is 0 Å². The number of aliphatic hydroxyl groups excluding tert-OH is 1. The van der Waals surface area contributed by atoms with E-state index < -0.39 is 35.6 Å². The minimum atomic E-state index is -1.20. The van der Waals surface area contributed by atoms with Gasteiger partial charge in [0, 0.05) is 30.1 Å². The topological polar surface area (TPSA) is 90.4 Å². The Labute approximate surface area is 246 Å². The van der Waals surface area contributed by atoms with Gasteiger partial charge in [0.15, 0.2) is 0 Å². The number of para-hydroxylation sites is 1. The maximum absolute atomic E-state index is 14.8. The van der Waals surface area contributed by atoms with Crippen LogP contribution in [0.15, 0.2) is 43.5 Å². The average molecular weight is 617 g/mol. The predicted molar refractivity (Wildman–Crippen MR) is 159 cm³/mol. The lowest BCUT2D eigenvalue weighted by atomic mass is 9.70. The number of alkyl halides is 1. The molecule has 3 aliphatic rings. The van der Waals surface area contributed by atoms with E-state index in [4.69, 9.17) is 4.74 Å². The van der Waals surface area contributed by atoms with Crippen molar-refractivity contribution in [1.82, 2.24) is 9.80 Å². The molecule has 3 amide bonds. The molecule has 8 nitrogen and oxygen atoms in total. The third-order valence-corrected chi connectivity index (χ3v) is 9.61. The number of benzene rings is 1. The summed E-state index contributed by atoms with van der Waals surface area (Å²) in [6, 6.07) is 4.27. The zero-order valence-corrected chi connectivity index (χ0v) is 25.6. The lowest BCUT2D eigenvalue weighted by Crippen LogP contribution is -2.59. The van der Waals surface area contributed by atoms with Gasteiger partial charge in [-0.25, -0.2) is 0 Å². The highest BCUT2D eigenvalue weighted by molar-refractivity contribution is 9.09. The Hall–Kier alpha value is -2.49. The largest absolute Gasteiger partial charge is 0.394 e. The molecule has 1 N–H and O–H groups in total. The maximum Gasteiger partial charge on any atom is 0.253 e. The first kappa shape index (κ1) is 30.5. The maximum atomic E-state index is 14.8. The standard InChI is InChI=1S/C31H42BrN3O5/c1-7-14-33(15-8-2)28(37)23-24-29(38)35(21(10-4)18-36)27(31(24)17-22(32)26(23)40-31)30(39)34(16-9-3)25-19(5)12-11-13-20(25)6/h7,9,11-13,21-24,26-27,36H,1,3,8,10,14-18H2,2,4-6H3/t21-,22?,23+,24-,26+,27?,31?/m0/s1. The van der Waals surface area contributed by atoms with Gasteiger partial charge < -0.3 is 24.5 Å². The van der Waals surface area contributed by atoms with Crippen molar-refractivity contribution in [3.05, 3.63) is 54.6 Å². The molecule has 3 aliphatic heterocycles. The first-order chi connectivity index (χ1) is 19.1. The van der Waals surface area contributed by atoms with Crippen LogP contribution >= 0.6 is 15.9 Å². The summed E-state index contributed by atoms with van der Waals surface area (Å²) < 4.78 is 6.70. The van der Waals surface area contributed by atoms with Crippen molar-refractivity contribution in [3.8, 4) is 0 Å². The summed E-state index contributed by atoms with van der Waals surface area (Å²) in [6.07, 6.45) is 4.46. The van der Waals surface area contributed by atoms with Gasteiger partial charge in [-0.3, -0.25) is 14.4 Å². The summed E-state index contributed by atoms with van der Waals surface area (Å²) in [5.74, 6) is -2.29. The molecule has 1 aromatic rings. The summed E-state index contributed by atoms with van der Waals surface area (Å²) in [5.41, 5.74) is 1.43. The smallest absolute Gasteiger partial charge is 0.253 e. The number of hydrogen-bond donors (Lipinski definition) is 1. The van der Waals surface area contributed by atoms with Gasteiger partial charge in [-0.2, -0.15) is 0 Å². The number of halogens is 1. The summed E-state index contributed by atoms with van der Waals surface area (Å²) in [5, 5.41) is 10.4. The quantitative estimate of drug-likeness (QED) is 0.286. The Morgan fingerprint density at radius 3 is 2.40 bits per heavy atom. The molecule has 3 saturated heterocycles. The van der Waals surface area contributed by atoms with E-state index in [0.717, 1.165) is 23.2 Å². The number of aliphatic hydroxyl groups is 1. The second-order valence-electron chi connectivity index (χ2n) is 11.2. The molecule has 0 aliphatic carbocycles. The highest BCUT2D eigenvalue weighted by Crippen LogP contribution is 2.61. The van der Waals surface area contributed by atoms with E-state index in [2.05, 4.69) is 29.1 Å². The van der Waals surface area contributed by atoms with Crippen LogP contribution in [0, 0.1) is 25.7 Å². The van der Waals surface area contributed by atoms with Crippen molar-refractivity contribution < 1.29 is 24.2 Å². The molecule has 3 heterocycles. The zero-order valence-electron chi connectivity index (χ0n) is 24.0. The van der Waals surface area contributed by atoms with Crippen LogP contribution in [-0.4, -0.2) is 87.5 Å². The molecule has 0 radical (unpaired) electrons. The number of aryl methyl sites for hydroxylation is 2. The lowest BCUT2D eigenvalue weighted by molar-refractivity contribution is -0.147. The van der Waals surface area contributed by atoms with Crippen LogP contribution < -0.4 is 4.90 Å². The number of carbonyl (C=O) groups excluding carboxylic acids is 3. The number of ether oxygens (including phenoxy) is 1. The summed E-state index contributed by atoms with van der Waals surface area (Å²) in [7, 11) is 0. The van der Waals surface area contributed by atoms with Gasteiger partial charge in [-0.1, -0.05) is 60.1 Å². The van der Waals surface area contributed by atoms with Crippen LogP contribution in [0.1, 0.15) is 44.2 Å². The average Bonchev–Trinajstić information content (AvgIpc) is 3.51. The van der Waals surface area contributed by atoms with Crippen molar-refractivity contribution >= 4 is 39.3 Å². The van der Waals surface area contributed by atoms with E-state index in [0.29, 0.717) is 25.9 Å². The summed E-state index contributed by atoms with van der Waals surface area (Å²) in [4.78, 5) is 48.0. The molecule has 9 heteroatoms. The fraction of sp³-hybridized carbons (Fsp3) is 0.581. The molecule has 0 saturated carbocycles. The van der Waals surface area contributed by atoms with E-state index in [1.54, 1.807) is 22.0 Å². The number of nitrogens with zero attached hydrogens (tertiary/aromatic N) is 3. The van der Waals surface area contributed by atoms with Gasteiger partial charge in [0.05, 0.1) is 30.6 Å². The van der Waals surface area contributed by atoms with E-state index in [1.165, 1.54) is 4.90 Å². The Balaban J connectivity index is 1.86. The van der Waals surface area contributed by atoms with Gasteiger partial charge in [0.1, 0.15) is 11.6 Å². The number of likely N-dealkylation sites (tertiary alicyclic amines) is 1. The van der Waals surface area contributed by atoms with E-state index >= 15 is 0 Å². The molecule has 7 atom stereocenters. The van der Waals surface area contributed by atoms with Crippen molar-refractivity contribution in [2.45, 2.75) is 75.6 Å². The van der Waals surface area contributed by atoms with E-state index in [9.17, 15) is 19.5 Å². The number of fused-ring (bicyclic) bond motifs is 1. The number of amides is 3. The van der Waals surface area contributed by atoms with Gasteiger partial charge in [-0.15, -0.1) is 13.2 Å². The fourth-order valence-corrected chi connectivity index (χ4v) is 8.11.